The van der Waals surface area contributed by atoms with E-state index in [1.54, 1.807) is 19.1 Å². The zero-order valence-electron chi connectivity index (χ0n) is 15.6. The van der Waals surface area contributed by atoms with E-state index in [4.69, 9.17) is 6.42 Å². The summed E-state index contributed by atoms with van der Waals surface area (Å²) in [6, 6.07) is 11.0. The number of nitrogens with one attached hydrogen (secondary N) is 1. The molecule has 7 nitrogen and oxygen atoms in total. The van der Waals surface area contributed by atoms with Gasteiger partial charge in [0.25, 0.3) is 11.5 Å². The zero-order valence-corrected chi connectivity index (χ0v) is 16.4. The predicted octanol–water partition coefficient (Wildman–Crippen LogP) is 2.52. The second-order valence-corrected chi connectivity index (χ2v) is 7.32. The molecule has 1 N–H and O–H groups in total. The molecule has 0 unspecified atom stereocenters. The van der Waals surface area contributed by atoms with Crippen molar-refractivity contribution in [3.05, 3.63) is 75.4 Å². The number of nitrogens with zero attached hydrogens (tertiary/aromatic N) is 4. The van der Waals surface area contributed by atoms with Gasteiger partial charge in [-0.25, -0.2) is 9.67 Å². The molecule has 4 rings (SSSR count). The molecule has 0 bridgehead atoms. The highest BCUT2D eigenvalue weighted by molar-refractivity contribution is 7.16. The van der Waals surface area contributed by atoms with E-state index in [1.165, 1.54) is 16.0 Å². The first-order valence-corrected chi connectivity index (χ1v) is 9.71. The van der Waals surface area contributed by atoms with Gasteiger partial charge < -0.3 is 9.88 Å². The zero-order chi connectivity index (χ0) is 20.4. The van der Waals surface area contributed by atoms with Crippen LogP contribution in [0.2, 0.25) is 0 Å². The van der Waals surface area contributed by atoms with Crippen LogP contribution in [-0.4, -0.2) is 25.2 Å². The maximum absolute atomic E-state index is 12.8. The van der Waals surface area contributed by atoms with Crippen molar-refractivity contribution < 1.29 is 4.79 Å². The lowest BCUT2D eigenvalue weighted by atomic mass is 10.1. The topological polar surface area (TPSA) is 81.8 Å². The number of hydrogen-bond acceptors (Lipinski definition) is 5. The third kappa shape index (κ3) is 3.56. The summed E-state index contributed by atoms with van der Waals surface area (Å²) in [5, 5.41) is 9.18. The number of aromatic nitrogens is 4. The minimum absolute atomic E-state index is 0.0683. The van der Waals surface area contributed by atoms with Gasteiger partial charge in [0.05, 0.1) is 23.3 Å². The van der Waals surface area contributed by atoms with Gasteiger partial charge in [-0.15, -0.1) is 6.42 Å². The number of amides is 1. The van der Waals surface area contributed by atoms with E-state index in [0.717, 1.165) is 5.13 Å². The Balaban J connectivity index is 1.62. The number of fused-ring (bicyclic) bond motifs is 1. The lowest BCUT2D eigenvalue weighted by Gasteiger charge is -2.10. The van der Waals surface area contributed by atoms with Gasteiger partial charge in [0.1, 0.15) is 11.4 Å². The fourth-order valence-electron chi connectivity index (χ4n) is 3.04. The normalized spacial score (nSPS) is 10.8. The molecule has 0 fully saturated rings. The fourth-order valence-corrected chi connectivity index (χ4v) is 3.99. The summed E-state index contributed by atoms with van der Waals surface area (Å²) >= 11 is 1.32. The summed E-state index contributed by atoms with van der Waals surface area (Å²) in [6.45, 7) is 2.04. The Morgan fingerprint density at radius 3 is 2.66 bits per heavy atom. The van der Waals surface area contributed by atoms with E-state index in [-0.39, 0.29) is 24.6 Å². The molecule has 0 spiro atoms. The summed E-state index contributed by atoms with van der Waals surface area (Å²) in [7, 11) is 0. The molecule has 144 valence electrons. The number of thiazole rings is 1. The molecule has 8 heteroatoms. The highest BCUT2D eigenvalue weighted by Crippen LogP contribution is 2.22. The molecular weight excluding hydrogens is 386 g/mol. The van der Waals surface area contributed by atoms with Crippen LogP contribution in [0.25, 0.3) is 15.9 Å². The van der Waals surface area contributed by atoms with Crippen molar-refractivity contribution in [2.24, 2.45) is 0 Å². The molecular formula is C21H17N5O2S. The average molecular weight is 403 g/mol. The number of carbonyl (C=O) groups is 1. The van der Waals surface area contributed by atoms with Crippen LogP contribution in [0.4, 0.5) is 0 Å². The molecule has 0 aliphatic rings. The first-order chi connectivity index (χ1) is 14.1. The summed E-state index contributed by atoms with van der Waals surface area (Å²) in [4.78, 5) is 30.3. The number of rotatable bonds is 5. The molecule has 0 aliphatic heterocycles. The molecule has 3 aromatic heterocycles. The second kappa shape index (κ2) is 7.73. The largest absolute Gasteiger partial charge is 0.346 e. The Labute approximate surface area is 170 Å². The Bertz CT molecular complexity index is 1300. The number of hydrogen-bond donors (Lipinski definition) is 1. The Kier molecular flexibility index (Phi) is 4.97. The molecule has 4 aromatic rings. The quantitative estimate of drug-likeness (QED) is 0.519. The Morgan fingerprint density at radius 1 is 1.21 bits per heavy atom. The Hall–Kier alpha value is -3.70. The highest BCUT2D eigenvalue weighted by Gasteiger charge is 2.17. The van der Waals surface area contributed by atoms with E-state index in [0.29, 0.717) is 27.0 Å². The summed E-state index contributed by atoms with van der Waals surface area (Å²) in [5.41, 5.74) is 0.992. The molecule has 29 heavy (non-hydrogen) atoms. The highest BCUT2D eigenvalue weighted by atomic mass is 32.1. The number of terminal acetylenes is 1. The van der Waals surface area contributed by atoms with E-state index < -0.39 is 0 Å². The summed E-state index contributed by atoms with van der Waals surface area (Å²) < 4.78 is 3.10. The van der Waals surface area contributed by atoms with Gasteiger partial charge in [-0.3, -0.25) is 9.59 Å². The van der Waals surface area contributed by atoms with Gasteiger partial charge in [0.15, 0.2) is 5.13 Å². The van der Waals surface area contributed by atoms with Crippen molar-refractivity contribution in [3.8, 4) is 17.5 Å². The maximum Gasteiger partial charge on any atom is 0.275 e. The number of benzene rings is 1. The third-order valence-electron chi connectivity index (χ3n) is 4.42. The van der Waals surface area contributed by atoms with Crippen molar-refractivity contribution >= 4 is 28.0 Å². The minimum atomic E-state index is -0.247. The monoisotopic (exact) mass is 403 g/mol. The SMILES string of the molecule is C#CCn1nc(CNC(=O)c2sc(-n3cccc3)nc2C)c2ccccc2c1=O. The average Bonchev–Trinajstić information content (AvgIpc) is 3.39. The van der Waals surface area contributed by atoms with E-state index in [2.05, 4.69) is 21.3 Å². The van der Waals surface area contributed by atoms with Crippen molar-refractivity contribution in [2.45, 2.75) is 20.0 Å². The smallest absolute Gasteiger partial charge is 0.275 e. The third-order valence-corrected chi connectivity index (χ3v) is 5.59. The molecule has 0 atom stereocenters. The first kappa shape index (κ1) is 18.7. The predicted molar refractivity (Wildman–Crippen MR) is 112 cm³/mol. The number of aryl methyl sites for hydroxylation is 1. The van der Waals surface area contributed by atoms with E-state index in [9.17, 15) is 9.59 Å². The van der Waals surface area contributed by atoms with Crippen LogP contribution in [0.3, 0.4) is 0 Å². The fraction of sp³-hybridized carbons (Fsp3) is 0.143. The molecule has 3 heterocycles. The van der Waals surface area contributed by atoms with Gasteiger partial charge in [-0.2, -0.15) is 5.10 Å². The summed E-state index contributed by atoms with van der Waals surface area (Å²) in [6.07, 6.45) is 9.11. The van der Waals surface area contributed by atoms with Crippen LogP contribution in [0.15, 0.2) is 53.6 Å². The number of carbonyl (C=O) groups excluding carboxylic acids is 1. The summed E-state index contributed by atoms with van der Waals surface area (Å²) in [5.74, 6) is 2.20. The van der Waals surface area contributed by atoms with Gasteiger partial charge in [-0.1, -0.05) is 35.5 Å². The molecule has 0 radical (unpaired) electrons. The van der Waals surface area contributed by atoms with Crippen LogP contribution >= 0.6 is 11.3 Å². The lowest BCUT2D eigenvalue weighted by molar-refractivity contribution is 0.0953. The Morgan fingerprint density at radius 2 is 1.93 bits per heavy atom. The van der Waals surface area contributed by atoms with Crippen LogP contribution < -0.4 is 10.9 Å². The minimum Gasteiger partial charge on any atom is -0.346 e. The maximum atomic E-state index is 12.8. The van der Waals surface area contributed by atoms with Crippen molar-refractivity contribution in [2.75, 3.05) is 0 Å². The molecule has 1 aromatic carbocycles. The van der Waals surface area contributed by atoms with E-state index >= 15 is 0 Å². The van der Waals surface area contributed by atoms with Gasteiger partial charge in [0, 0.05) is 17.8 Å². The van der Waals surface area contributed by atoms with E-state index in [1.807, 2.05) is 41.2 Å². The van der Waals surface area contributed by atoms with Crippen LogP contribution in [-0.2, 0) is 13.1 Å². The van der Waals surface area contributed by atoms with Gasteiger partial charge in [0.2, 0.25) is 0 Å². The second-order valence-electron chi connectivity index (χ2n) is 6.34. The van der Waals surface area contributed by atoms with Gasteiger partial charge in [-0.05, 0) is 25.1 Å². The first-order valence-electron chi connectivity index (χ1n) is 8.89. The van der Waals surface area contributed by atoms with Crippen LogP contribution in [0.5, 0.6) is 0 Å². The van der Waals surface area contributed by atoms with Crippen molar-refractivity contribution in [1.82, 2.24) is 24.6 Å². The van der Waals surface area contributed by atoms with Crippen LogP contribution in [0.1, 0.15) is 21.1 Å². The van der Waals surface area contributed by atoms with Crippen LogP contribution in [0, 0.1) is 19.3 Å². The molecule has 0 aliphatic carbocycles. The van der Waals surface area contributed by atoms with Crippen molar-refractivity contribution in [1.29, 1.82) is 0 Å². The lowest BCUT2D eigenvalue weighted by Crippen LogP contribution is -2.28. The molecule has 1 amide bonds. The molecule has 0 saturated heterocycles. The standard InChI is InChI=1S/C21H17N5O2S/c1-3-10-26-20(28)16-9-5-4-8-15(16)17(24-26)13-22-19(27)18-14(2)23-21(29-18)25-11-6-7-12-25/h1,4-9,11-12H,10,13H2,2H3,(H,22,27). The van der Waals surface area contributed by atoms with Gasteiger partial charge >= 0.3 is 0 Å². The molecule has 0 saturated carbocycles. The van der Waals surface area contributed by atoms with Crippen molar-refractivity contribution in [3.63, 3.8) is 0 Å².